The first-order valence-corrected chi connectivity index (χ1v) is 9.97. The highest BCUT2D eigenvalue weighted by atomic mass is 32.2. The van der Waals surface area contributed by atoms with Crippen molar-refractivity contribution in [3.8, 4) is 0 Å². The fourth-order valence-corrected chi connectivity index (χ4v) is 4.13. The normalized spacial score (nSPS) is 11.9. The lowest BCUT2D eigenvalue weighted by Gasteiger charge is -2.09. The molecule has 0 aliphatic carbocycles. The molecule has 0 radical (unpaired) electrons. The molecule has 0 unspecified atom stereocenters. The smallest absolute Gasteiger partial charge is 0.246 e. The lowest BCUT2D eigenvalue weighted by molar-refractivity contribution is 0.573. The molecule has 7 nitrogen and oxygen atoms in total. The second kappa shape index (κ2) is 7.26. The Morgan fingerprint density at radius 1 is 1.12 bits per heavy atom. The summed E-state index contributed by atoms with van der Waals surface area (Å²) >= 11 is 0. The molecule has 0 aliphatic rings. The number of hydrogen-bond acceptors (Lipinski definition) is 6. The highest BCUT2D eigenvalue weighted by Gasteiger charge is 2.17. The van der Waals surface area contributed by atoms with E-state index in [2.05, 4.69) is 31.4 Å². The van der Waals surface area contributed by atoms with E-state index in [0.717, 1.165) is 41.8 Å². The number of aryl methyl sites for hydroxylation is 3. The maximum Gasteiger partial charge on any atom is 0.246 e. The Morgan fingerprint density at radius 3 is 2.60 bits per heavy atom. The summed E-state index contributed by atoms with van der Waals surface area (Å²) in [7, 11) is -3.42. The van der Waals surface area contributed by atoms with E-state index in [1.807, 2.05) is 13.1 Å². The molecule has 0 aliphatic heterocycles. The zero-order chi connectivity index (χ0) is 17.9. The fraction of sp³-hybridized carbons (Fsp3) is 0.412. The highest BCUT2D eigenvalue weighted by molar-refractivity contribution is 7.91. The van der Waals surface area contributed by atoms with Gasteiger partial charge in [0.05, 0.1) is 17.5 Å². The molecule has 0 fully saturated rings. The minimum atomic E-state index is -3.42. The molecular weight excluding hydrogens is 338 g/mol. The Bertz CT molecular complexity index is 967. The van der Waals surface area contributed by atoms with E-state index in [1.54, 1.807) is 12.3 Å². The second-order valence-electron chi connectivity index (χ2n) is 5.91. The molecule has 0 atom stereocenters. The number of rotatable bonds is 7. The van der Waals surface area contributed by atoms with Gasteiger partial charge in [-0.1, -0.05) is 6.92 Å². The third-order valence-electron chi connectivity index (χ3n) is 4.09. The van der Waals surface area contributed by atoms with Gasteiger partial charge in [0.15, 0.2) is 0 Å². The first-order chi connectivity index (χ1) is 12.0. The van der Waals surface area contributed by atoms with Crippen LogP contribution in [0.5, 0.6) is 0 Å². The first kappa shape index (κ1) is 17.5. The fourth-order valence-electron chi connectivity index (χ4n) is 2.92. The molecule has 3 heterocycles. The predicted molar refractivity (Wildman–Crippen MR) is 95.0 cm³/mol. The van der Waals surface area contributed by atoms with Gasteiger partial charge in [0.2, 0.25) is 15.0 Å². The van der Waals surface area contributed by atoms with Gasteiger partial charge in [-0.3, -0.25) is 4.98 Å². The Kier molecular flexibility index (Phi) is 5.08. The minimum Gasteiger partial charge on any atom is -0.328 e. The van der Waals surface area contributed by atoms with E-state index >= 15 is 0 Å². The Hall–Kier alpha value is -2.35. The van der Waals surface area contributed by atoms with Crippen molar-refractivity contribution in [2.75, 3.05) is 5.75 Å². The van der Waals surface area contributed by atoms with E-state index in [1.165, 1.54) is 12.4 Å². The summed E-state index contributed by atoms with van der Waals surface area (Å²) in [4.78, 5) is 16.5. The number of imidazole rings is 1. The van der Waals surface area contributed by atoms with Crippen LogP contribution < -0.4 is 0 Å². The molecule has 0 aromatic carbocycles. The number of fused-ring (bicyclic) bond motifs is 1. The minimum absolute atomic E-state index is 0.0473. The van der Waals surface area contributed by atoms with E-state index in [9.17, 15) is 8.42 Å². The topological polar surface area (TPSA) is 90.6 Å². The summed E-state index contributed by atoms with van der Waals surface area (Å²) in [6.07, 6.45) is 8.61. The van der Waals surface area contributed by atoms with Crippen LogP contribution in [0.1, 0.15) is 31.2 Å². The standard InChI is InChI=1S/C17H21N5O2S/c1-3-15-21-14-12-18-11-13(2)16(14)22(15)9-4-5-10-25(23,24)17-19-7-6-8-20-17/h6-8,11-12H,3-5,9-10H2,1-2H3. The predicted octanol–water partition coefficient (Wildman–Crippen LogP) is 2.35. The molecule has 25 heavy (non-hydrogen) atoms. The van der Waals surface area contributed by atoms with E-state index < -0.39 is 9.84 Å². The number of unbranched alkanes of at least 4 members (excludes halogenated alkanes) is 1. The molecule has 0 amide bonds. The average molecular weight is 359 g/mol. The number of nitrogens with zero attached hydrogens (tertiary/aromatic N) is 5. The van der Waals surface area contributed by atoms with E-state index in [0.29, 0.717) is 6.42 Å². The molecule has 3 rings (SSSR count). The Morgan fingerprint density at radius 2 is 1.88 bits per heavy atom. The van der Waals surface area contributed by atoms with Gasteiger partial charge in [-0.25, -0.2) is 23.4 Å². The van der Waals surface area contributed by atoms with Gasteiger partial charge in [-0.2, -0.15) is 0 Å². The van der Waals surface area contributed by atoms with Crippen LogP contribution in [0.4, 0.5) is 0 Å². The SMILES string of the molecule is CCc1nc2cncc(C)c2n1CCCCS(=O)(=O)c1ncccn1. The number of pyridine rings is 1. The summed E-state index contributed by atoms with van der Waals surface area (Å²) in [5.41, 5.74) is 3.05. The quantitative estimate of drug-likeness (QED) is 0.475. The second-order valence-corrected chi connectivity index (χ2v) is 7.92. The average Bonchev–Trinajstić information content (AvgIpc) is 2.98. The molecule has 3 aromatic heterocycles. The zero-order valence-electron chi connectivity index (χ0n) is 14.4. The molecule has 0 saturated heterocycles. The lowest BCUT2D eigenvalue weighted by Crippen LogP contribution is -2.12. The van der Waals surface area contributed by atoms with Crippen molar-refractivity contribution in [3.63, 3.8) is 0 Å². The van der Waals surface area contributed by atoms with Gasteiger partial charge in [0.1, 0.15) is 11.3 Å². The van der Waals surface area contributed by atoms with Crippen LogP contribution in [0.15, 0.2) is 36.0 Å². The molecule has 132 valence electrons. The third-order valence-corrected chi connectivity index (χ3v) is 5.69. The van der Waals surface area contributed by atoms with Crippen molar-refractivity contribution in [2.45, 2.75) is 44.8 Å². The van der Waals surface area contributed by atoms with E-state index in [-0.39, 0.29) is 10.9 Å². The van der Waals surface area contributed by atoms with Crippen LogP contribution in [0.2, 0.25) is 0 Å². The van der Waals surface area contributed by atoms with Gasteiger partial charge in [0.25, 0.3) is 0 Å². The highest BCUT2D eigenvalue weighted by Crippen LogP contribution is 2.20. The maximum atomic E-state index is 12.2. The molecule has 3 aromatic rings. The Balaban J connectivity index is 1.70. The van der Waals surface area contributed by atoms with Crippen LogP contribution in [-0.2, 0) is 22.8 Å². The van der Waals surface area contributed by atoms with Crippen molar-refractivity contribution in [2.24, 2.45) is 0 Å². The maximum absolute atomic E-state index is 12.2. The molecule has 0 bridgehead atoms. The van der Waals surface area contributed by atoms with Crippen LogP contribution >= 0.6 is 0 Å². The van der Waals surface area contributed by atoms with Crippen molar-refractivity contribution >= 4 is 20.9 Å². The van der Waals surface area contributed by atoms with Crippen LogP contribution in [0, 0.1) is 6.92 Å². The third kappa shape index (κ3) is 3.68. The van der Waals surface area contributed by atoms with Crippen molar-refractivity contribution < 1.29 is 8.42 Å². The molecule has 0 spiro atoms. The van der Waals surface area contributed by atoms with Gasteiger partial charge >= 0.3 is 0 Å². The van der Waals surface area contributed by atoms with Crippen molar-refractivity contribution in [1.82, 2.24) is 24.5 Å². The zero-order valence-corrected chi connectivity index (χ0v) is 15.2. The van der Waals surface area contributed by atoms with Gasteiger partial charge in [-0.05, 0) is 31.4 Å². The first-order valence-electron chi connectivity index (χ1n) is 8.32. The number of sulfone groups is 1. The summed E-state index contributed by atoms with van der Waals surface area (Å²) in [6, 6.07) is 1.60. The van der Waals surface area contributed by atoms with Crippen molar-refractivity contribution in [3.05, 3.63) is 42.2 Å². The largest absolute Gasteiger partial charge is 0.328 e. The van der Waals surface area contributed by atoms with Crippen LogP contribution in [-0.4, -0.2) is 38.7 Å². The van der Waals surface area contributed by atoms with Gasteiger partial charge in [0, 0.05) is 31.6 Å². The molecule has 0 saturated carbocycles. The Labute approximate surface area is 147 Å². The van der Waals surface area contributed by atoms with Crippen molar-refractivity contribution in [1.29, 1.82) is 0 Å². The molecule has 0 N–H and O–H groups in total. The van der Waals surface area contributed by atoms with E-state index in [4.69, 9.17) is 0 Å². The molecule has 8 heteroatoms. The number of aromatic nitrogens is 5. The monoisotopic (exact) mass is 359 g/mol. The van der Waals surface area contributed by atoms with Gasteiger partial charge < -0.3 is 4.57 Å². The summed E-state index contributed by atoms with van der Waals surface area (Å²) < 4.78 is 26.6. The number of hydrogen-bond donors (Lipinski definition) is 0. The summed E-state index contributed by atoms with van der Waals surface area (Å²) in [5.74, 6) is 1.05. The summed E-state index contributed by atoms with van der Waals surface area (Å²) in [6.45, 7) is 4.82. The summed E-state index contributed by atoms with van der Waals surface area (Å²) in [5, 5.41) is -0.0979. The van der Waals surface area contributed by atoms with Crippen LogP contribution in [0.25, 0.3) is 11.0 Å². The molecular formula is C17H21N5O2S. The lowest BCUT2D eigenvalue weighted by atomic mass is 10.2. The van der Waals surface area contributed by atoms with Crippen LogP contribution in [0.3, 0.4) is 0 Å². The van der Waals surface area contributed by atoms with Gasteiger partial charge in [-0.15, -0.1) is 0 Å².